The lowest BCUT2D eigenvalue weighted by Crippen LogP contribution is -1.95. The average Bonchev–Trinajstić information content (AvgIpc) is 1.21. The fourth-order valence-corrected chi connectivity index (χ4v) is 1.57. The van der Waals surface area contributed by atoms with Gasteiger partial charge in [-0.3, -0.25) is 4.52 Å². The molecule has 0 aromatic heterocycles. The van der Waals surface area contributed by atoms with Gasteiger partial charge in [0.25, 0.3) is 0 Å². The van der Waals surface area contributed by atoms with E-state index in [2.05, 4.69) is 29.0 Å². The first-order chi connectivity index (χ1) is 3.42. The highest BCUT2D eigenvalue weighted by molar-refractivity contribution is 8.06. The minimum absolute atomic E-state index is 0.518. The summed E-state index contributed by atoms with van der Waals surface area (Å²) in [7, 11) is 0. The predicted molar refractivity (Wildman–Crippen MR) is 38.3 cm³/mol. The van der Waals surface area contributed by atoms with Crippen LogP contribution in [-0.2, 0) is 16.3 Å². The van der Waals surface area contributed by atoms with E-state index in [0.717, 1.165) is 0 Å². The van der Waals surface area contributed by atoms with Gasteiger partial charge in [-0.05, 0) is 18.7 Å². The number of rotatable bonds is 2. The van der Waals surface area contributed by atoms with Gasteiger partial charge in [-0.2, -0.15) is 0 Å². The maximum absolute atomic E-state index is 8.40. The van der Waals surface area contributed by atoms with Crippen LogP contribution in [0.25, 0.3) is 0 Å². The van der Waals surface area contributed by atoms with Crippen LogP contribution in [0, 0.1) is 0 Å². The molecule has 0 radical (unpaired) electrons. The Kier molecular flexibility index (Phi) is 3.50. The third kappa shape index (κ3) is 6.88. The van der Waals surface area contributed by atoms with E-state index < -0.39 is 12.2 Å². The Bertz CT molecular complexity index is 108. The van der Waals surface area contributed by atoms with E-state index in [0.29, 0.717) is 0 Å². The summed E-state index contributed by atoms with van der Waals surface area (Å²) >= 11 is 7.82. The van der Waals surface area contributed by atoms with Gasteiger partial charge in [0.1, 0.15) is 5.44 Å². The Morgan fingerprint density at radius 3 is 2.12 bits per heavy atom. The van der Waals surface area contributed by atoms with Gasteiger partial charge in [-0.25, -0.2) is 0 Å². The summed E-state index contributed by atoms with van der Waals surface area (Å²) in [5.74, 6) is 0. The first kappa shape index (κ1) is 8.88. The van der Waals surface area contributed by atoms with Crippen LogP contribution in [0.5, 0.6) is 0 Å². The molecular weight excluding hydrogens is 167 g/mol. The van der Waals surface area contributed by atoms with Crippen LogP contribution in [0.4, 0.5) is 0 Å². The maximum Gasteiger partial charge on any atom is 0.322 e. The second-order valence-corrected chi connectivity index (χ2v) is 4.54. The van der Waals surface area contributed by atoms with E-state index in [1.165, 1.54) is 0 Å². The Balaban J connectivity index is 3.56. The summed E-state index contributed by atoms with van der Waals surface area (Å²) in [5.41, 5.74) is -0.518. The summed E-state index contributed by atoms with van der Waals surface area (Å²) in [5, 5.41) is 0. The van der Waals surface area contributed by atoms with Crippen LogP contribution in [0.2, 0.25) is 0 Å². The highest BCUT2D eigenvalue weighted by Gasteiger charge is 2.09. The zero-order chi connectivity index (χ0) is 6.78. The van der Waals surface area contributed by atoms with Crippen molar-refractivity contribution < 1.29 is 14.3 Å². The number of hydrogen-bond acceptors (Lipinski definition) is 3. The van der Waals surface area contributed by atoms with E-state index in [9.17, 15) is 0 Å². The lowest BCUT2D eigenvalue weighted by molar-refractivity contribution is 0.246. The Hall–Kier alpha value is 0.880. The maximum atomic E-state index is 8.40. The van der Waals surface area contributed by atoms with Crippen molar-refractivity contribution in [2.24, 2.45) is 0 Å². The fraction of sp³-hybridized carbons (Fsp3) is 1.00. The Labute approximate surface area is 58.3 Å². The second kappa shape index (κ2) is 3.15. The topological polar surface area (TPSA) is 49.7 Å². The van der Waals surface area contributed by atoms with Crippen molar-refractivity contribution in [1.29, 1.82) is 0 Å². The van der Waals surface area contributed by atoms with Crippen LogP contribution in [0.3, 0.4) is 0 Å². The summed E-state index contributed by atoms with van der Waals surface area (Å²) in [6, 6.07) is 0. The van der Waals surface area contributed by atoms with Crippen molar-refractivity contribution >= 4 is 31.2 Å². The van der Waals surface area contributed by atoms with Crippen molar-refractivity contribution in [3.8, 4) is 0 Å². The van der Waals surface area contributed by atoms with Gasteiger partial charge < -0.3 is 9.79 Å². The molecule has 0 saturated carbocycles. The lowest BCUT2D eigenvalue weighted by atomic mass is 10.9. The standard InChI is InChI=1S/C2H7O3PS2/c1-2(7)5-6(3,4)8/h2,7H,1H3,(H2,3,4,8). The average molecular weight is 174 g/mol. The minimum Gasteiger partial charge on any atom is -0.325 e. The van der Waals surface area contributed by atoms with Crippen molar-refractivity contribution in [2.75, 3.05) is 0 Å². The normalized spacial score (nSPS) is 16.0. The quantitative estimate of drug-likeness (QED) is 0.324. The molecule has 0 rings (SSSR count). The molecule has 0 aliphatic rings. The van der Waals surface area contributed by atoms with Crippen LogP contribution < -0.4 is 0 Å². The van der Waals surface area contributed by atoms with Gasteiger partial charge in [-0.15, -0.1) is 12.6 Å². The third-order valence-electron chi connectivity index (χ3n) is 0.290. The van der Waals surface area contributed by atoms with Crippen LogP contribution in [0.15, 0.2) is 0 Å². The van der Waals surface area contributed by atoms with Gasteiger partial charge >= 0.3 is 6.72 Å². The molecule has 2 N–H and O–H groups in total. The summed E-state index contributed by atoms with van der Waals surface area (Å²) in [6.45, 7) is -1.91. The second-order valence-electron chi connectivity index (χ2n) is 1.20. The van der Waals surface area contributed by atoms with Crippen LogP contribution in [-0.4, -0.2) is 15.2 Å². The summed E-state index contributed by atoms with van der Waals surface area (Å²) in [6.07, 6.45) is 0. The van der Waals surface area contributed by atoms with Crippen molar-refractivity contribution in [2.45, 2.75) is 12.4 Å². The van der Waals surface area contributed by atoms with E-state index >= 15 is 0 Å². The molecule has 3 nitrogen and oxygen atoms in total. The number of hydrogen-bond donors (Lipinski definition) is 3. The Morgan fingerprint density at radius 1 is 1.75 bits per heavy atom. The molecule has 0 saturated heterocycles. The minimum atomic E-state index is -3.46. The molecule has 0 aromatic carbocycles. The Morgan fingerprint density at radius 2 is 2.12 bits per heavy atom. The molecule has 0 aromatic rings. The van der Waals surface area contributed by atoms with Gasteiger partial charge in [0.05, 0.1) is 0 Å². The highest BCUT2D eigenvalue weighted by atomic mass is 32.5. The fourth-order valence-electron chi connectivity index (χ4n) is 0.199. The molecule has 1 atom stereocenters. The van der Waals surface area contributed by atoms with Gasteiger partial charge in [-0.1, -0.05) is 0 Å². The summed E-state index contributed by atoms with van der Waals surface area (Å²) < 4.78 is 4.34. The molecule has 6 heteroatoms. The van der Waals surface area contributed by atoms with E-state index in [4.69, 9.17) is 9.79 Å². The molecule has 0 aliphatic heterocycles. The molecule has 1 unspecified atom stereocenters. The van der Waals surface area contributed by atoms with Gasteiger partial charge in [0.15, 0.2) is 0 Å². The molecule has 0 fully saturated rings. The zero-order valence-electron chi connectivity index (χ0n) is 4.18. The molecule has 0 heterocycles. The van der Waals surface area contributed by atoms with E-state index in [1.54, 1.807) is 6.92 Å². The molecule has 0 aliphatic carbocycles. The lowest BCUT2D eigenvalue weighted by Gasteiger charge is -2.09. The smallest absolute Gasteiger partial charge is 0.322 e. The molecule has 0 amide bonds. The first-order valence-electron chi connectivity index (χ1n) is 1.84. The molecule has 0 bridgehead atoms. The monoisotopic (exact) mass is 174 g/mol. The van der Waals surface area contributed by atoms with Crippen molar-refractivity contribution in [3.05, 3.63) is 0 Å². The summed E-state index contributed by atoms with van der Waals surface area (Å²) in [4.78, 5) is 16.8. The SMILES string of the molecule is CC(S)OP(O)(O)=S. The largest absolute Gasteiger partial charge is 0.325 e. The van der Waals surface area contributed by atoms with Crippen molar-refractivity contribution in [3.63, 3.8) is 0 Å². The first-order valence-corrected chi connectivity index (χ1v) is 4.98. The molecular formula is C2H7O3PS2. The van der Waals surface area contributed by atoms with Crippen LogP contribution >= 0.6 is 19.3 Å². The van der Waals surface area contributed by atoms with Crippen molar-refractivity contribution in [1.82, 2.24) is 0 Å². The van der Waals surface area contributed by atoms with Gasteiger partial charge in [0, 0.05) is 0 Å². The van der Waals surface area contributed by atoms with E-state index in [-0.39, 0.29) is 0 Å². The highest BCUT2D eigenvalue weighted by Crippen LogP contribution is 2.38. The zero-order valence-corrected chi connectivity index (χ0v) is 6.79. The third-order valence-corrected chi connectivity index (χ3v) is 1.41. The number of thiol groups is 1. The van der Waals surface area contributed by atoms with E-state index in [1.807, 2.05) is 0 Å². The van der Waals surface area contributed by atoms with Gasteiger partial charge in [0.2, 0.25) is 0 Å². The predicted octanol–water partition coefficient (Wildman–Crippen LogP) is 0.488. The molecule has 0 spiro atoms. The molecule has 50 valence electrons. The van der Waals surface area contributed by atoms with Crippen LogP contribution in [0.1, 0.15) is 6.92 Å². The molecule has 8 heavy (non-hydrogen) atoms.